The Morgan fingerprint density at radius 3 is 2.58 bits per heavy atom. The molecule has 7 heteroatoms. The molecule has 26 heavy (non-hydrogen) atoms. The van der Waals surface area contributed by atoms with Gasteiger partial charge in [0.2, 0.25) is 5.91 Å². The lowest BCUT2D eigenvalue weighted by atomic mass is 9.86. The summed E-state index contributed by atoms with van der Waals surface area (Å²) in [6, 6.07) is 6.43. The number of benzene rings is 2. The van der Waals surface area contributed by atoms with Crippen LogP contribution in [0.25, 0.3) is 0 Å². The van der Waals surface area contributed by atoms with Crippen molar-refractivity contribution in [3.63, 3.8) is 0 Å². The predicted octanol–water partition coefficient (Wildman–Crippen LogP) is 3.05. The highest BCUT2D eigenvalue weighted by molar-refractivity contribution is 5.79. The molecule has 3 rings (SSSR count). The van der Waals surface area contributed by atoms with Gasteiger partial charge in [-0.15, -0.1) is 0 Å². The summed E-state index contributed by atoms with van der Waals surface area (Å²) in [7, 11) is 0. The van der Waals surface area contributed by atoms with Crippen molar-refractivity contribution in [2.75, 3.05) is 13.1 Å². The van der Waals surface area contributed by atoms with Crippen LogP contribution in [0.15, 0.2) is 36.4 Å². The Kier molecular flexibility index (Phi) is 5.56. The lowest BCUT2D eigenvalue weighted by Crippen LogP contribution is -2.50. The van der Waals surface area contributed by atoms with Gasteiger partial charge in [-0.2, -0.15) is 0 Å². The number of hydrogen-bond acceptors (Lipinski definition) is 2. The number of piperidine rings is 1. The molecule has 2 atom stereocenters. The zero-order valence-electron chi connectivity index (χ0n) is 13.9. The molecule has 138 valence electrons. The molecule has 1 aliphatic rings. The molecule has 0 radical (unpaired) electrons. The van der Waals surface area contributed by atoms with Crippen LogP contribution in [0.5, 0.6) is 0 Å². The summed E-state index contributed by atoms with van der Waals surface area (Å²) >= 11 is 0. The van der Waals surface area contributed by atoms with E-state index in [9.17, 15) is 22.4 Å². The summed E-state index contributed by atoms with van der Waals surface area (Å²) in [5.74, 6) is -3.94. The summed E-state index contributed by atoms with van der Waals surface area (Å²) in [4.78, 5) is 12.3. The number of carbonyl (C=O) groups is 1. The molecule has 2 unspecified atom stereocenters. The van der Waals surface area contributed by atoms with E-state index in [0.29, 0.717) is 25.1 Å². The maximum Gasteiger partial charge on any atom is 0.224 e. The quantitative estimate of drug-likeness (QED) is 0.817. The van der Waals surface area contributed by atoms with Gasteiger partial charge in [-0.05, 0) is 42.3 Å². The normalized spacial score (nSPS) is 20.0. The first-order valence-corrected chi connectivity index (χ1v) is 8.33. The molecule has 1 fully saturated rings. The molecular formula is C19H18F4N2O. The summed E-state index contributed by atoms with van der Waals surface area (Å²) in [6.45, 7) is 1.14. The van der Waals surface area contributed by atoms with E-state index < -0.39 is 29.2 Å². The number of carbonyl (C=O) groups excluding carboxylic acids is 1. The zero-order valence-corrected chi connectivity index (χ0v) is 13.9. The lowest BCUT2D eigenvalue weighted by Gasteiger charge is -2.33. The summed E-state index contributed by atoms with van der Waals surface area (Å²) < 4.78 is 53.4. The largest absolute Gasteiger partial charge is 0.351 e. The van der Waals surface area contributed by atoms with Crippen LogP contribution in [0.4, 0.5) is 17.6 Å². The molecule has 0 aromatic heterocycles. The third-order valence-corrected chi connectivity index (χ3v) is 4.57. The Labute approximate surface area is 148 Å². The van der Waals surface area contributed by atoms with Gasteiger partial charge in [0.25, 0.3) is 0 Å². The van der Waals surface area contributed by atoms with Crippen LogP contribution >= 0.6 is 0 Å². The minimum absolute atomic E-state index is 0.0945. The number of hydrogen-bond donors (Lipinski definition) is 2. The SMILES string of the molecule is O=C(Cc1ccc(F)cc1F)NC1CNCCC1c1ccc(F)c(F)c1. The van der Waals surface area contributed by atoms with Gasteiger partial charge in [0.05, 0.1) is 6.42 Å². The van der Waals surface area contributed by atoms with E-state index in [2.05, 4.69) is 10.6 Å². The third kappa shape index (κ3) is 4.22. The van der Waals surface area contributed by atoms with Crippen LogP contribution in [-0.2, 0) is 11.2 Å². The Hall–Kier alpha value is -2.41. The minimum Gasteiger partial charge on any atom is -0.351 e. The highest BCUT2D eigenvalue weighted by atomic mass is 19.2. The standard InChI is InChI=1S/C19H18F4N2O/c20-13-3-1-12(16(22)9-13)8-19(26)25-18-10-24-6-5-14(18)11-2-4-15(21)17(23)7-11/h1-4,7,9,14,18,24H,5-6,8,10H2,(H,25,26). The van der Waals surface area contributed by atoms with Gasteiger partial charge in [0.1, 0.15) is 11.6 Å². The number of halogens is 4. The second-order valence-corrected chi connectivity index (χ2v) is 6.36. The molecule has 0 aliphatic carbocycles. The van der Waals surface area contributed by atoms with Crippen LogP contribution in [0.3, 0.4) is 0 Å². The van der Waals surface area contributed by atoms with E-state index >= 15 is 0 Å². The molecule has 1 aliphatic heterocycles. The second kappa shape index (κ2) is 7.86. The Morgan fingerprint density at radius 1 is 1.04 bits per heavy atom. The maximum absolute atomic E-state index is 13.7. The summed E-state index contributed by atoms with van der Waals surface area (Å²) in [5, 5.41) is 5.96. The van der Waals surface area contributed by atoms with Gasteiger partial charge in [0.15, 0.2) is 11.6 Å². The van der Waals surface area contributed by atoms with E-state index in [4.69, 9.17) is 0 Å². The smallest absolute Gasteiger partial charge is 0.224 e. The topological polar surface area (TPSA) is 41.1 Å². The van der Waals surface area contributed by atoms with Crippen molar-refractivity contribution in [3.05, 3.63) is 70.8 Å². The lowest BCUT2D eigenvalue weighted by molar-refractivity contribution is -0.121. The molecule has 1 amide bonds. The van der Waals surface area contributed by atoms with E-state index in [1.807, 2.05) is 0 Å². The Bertz CT molecular complexity index is 812. The van der Waals surface area contributed by atoms with Crippen LogP contribution in [-0.4, -0.2) is 25.0 Å². The molecule has 1 heterocycles. The van der Waals surface area contributed by atoms with Crippen LogP contribution in [0.1, 0.15) is 23.5 Å². The molecule has 3 nitrogen and oxygen atoms in total. The predicted molar refractivity (Wildman–Crippen MR) is 88.6 cm³/mol. The van der Waals surface area contributed by atoms with Gasteiger partial charge in [0, 0.05) is 24.6 Å². The fraction of sp³-hybridized carbons (Fsp3) is 0.316. The van der Waals surface area contributed by atoms with Crippen molar-refractivity contribution in [1.29, 1.82) is 0 Å². The van der Waals surface area contributed by atoms with Gasteiger partial charge < -0.3 is 10.6 Å². The molecule has 0 saturated carbocycles. The molecule has 1 saturated heterocycles. The van der Waals surface area contributed by atoms with Gasteiger partial charge >= 0.3 is 0 Å². The van der Waals surface area contributed by atoms with Crippen molar-refractivity contribution in [1.82, 2.24) is 10.6 Å². The average Bonchev–Trinajstić information content (AvgIpc) is 2.60. The fourth-order valence-corrected chi connectivity index (χ4v) is 3.25. The third-order valence-electron chi connectivity index (χ3n) is 4.57. The van der Waals surface area contributed by atoms with Crippen molar-refractivity contribution in [3.8, 4) is 0 Å². The number of amides is 1. The zero-order chi connectivity index (χ0) is 18.7. The van der Waals surface area contributed by atoms with Crippen molar-refractivity contribution < 1.29 is 22.4 Å². The molecule has 2 aromatic rings. The summed E-state index contributed by atoms with van der Waals surface area (Å²) in [6.07, 6.45) is 0.411. The first-order chi connectivity index (χ1) is 12.4. The average molecular weight is 366 g/mol. The van der Waals surface area contributed by atoms with Crippen LogP contribution in [0, 0.1) is 23.3 Å². The Balaban J connectivity index is 1.71. The molecule has 2 aromatic carbocycles. The Morgan fingerprint density at radius 2 is 1.85 bits per heavy atom. The first-order valence-electron chi connectivity index (χ1n) is 8.33. The van der Waals surface area contributed by atoms with E-state index in [1.165, 1.54) is 12.1 Å². The highest BCUT2D eigenvalue weighted by Gasteiger charge is 2.28. The summed E-state index contributed by atoms with van der Waals surface area (Å²) in [5.41, 5.74) is 0.695. The molecule has 0 spiro atoms. The monoisotopic (exact) mass is 366 g/mol. The minimum atomic E-state index is -0.931. The maximum atomic E-state index is 13.7. The highest BCUT2D eigenvalue weighted by Crippen LogP contribution is 2.27. The van der Waals surface area contributed by atoms with Crippen LogP contribution in [0.2, 0.25) is 0 Å². The molecule has 0 bridgehead atoms. The first kappa shape index (κ1) is 18.4. The van der Waals surface area contributed by atoms with Crippen LogP contribution < -0.4 is 10.6 Å². The fourth-order valence-electron chi connectivity index (χ4n) is 3.25. The van der Waals surface area contributed by atoms with E-state index in [-0.39, 0.29) is 23.9 Å². The van der Waals surface area contributed by atoms with E-state index in [0.717, 1.165) is 24.3 Å². The number of nitrogens with one attached hydrogen (secondary N) is 2. The van der Waals surface area contributed by atoms with Crippen molar-refractivity contribution in [2.24, 2.45) is 0 Å². The van der Waals surface area contributed by atoms with Gasteiger partial charge in [-0.25, -0.2) is 17.6 Å². The molecular weight excluding hydrogens is 348 g/mol. The van der Waals surface area contributed by atoms with Gasteiger partial charge in [-0.1, -0.05) is 12.1 Å². The van der Waals surface area contributed by atoms with Crippen molar-refractivity contribution in [2.45, 2.75) is 24.8 Å². The molecule has 2 N–H and O–H groups in total. The second-order valence-electron chi connectivity index (χ2n) is 6.36. The van der Waals surface area contributed by atoms with Crippen molar-refractivity contribution >= 4 is 5.91 Å². The number of rotatable bonds is 4. The van der Waals surface area contributed by atoms with E-state index in [1.54, 1.807) is 0 Å². The van der Waals surface area contributed by atoms with Gasteiger partial charge in [-0.3, -0.25) is 4.79 Å².